The van der Waals surface area contributed by atoms with E-state index in [1.165, 1.54) is 5.56 Å². The molecule has 0 saturated carbocycles. The molecular formula is C12H18AtN2O. The topological polar surface area (TPSA) is 48.6 Å². The quantitative estimate of drug-likeness (QED) is 0.738. The van der Waals surface area contributed by atoms with Gasteiger partial charge in [-0.1, -0.05) is 19.9 Å². The zero-order valence-corrected chi connectivity index (χ0v) is 13.0. The van der Waals surface area contributed by atoms with Gasteiger partial charge in [0.15, 0.2) is 0 Å². The monoisotopic (exact) mass is 416 g/mol. The van der Waals surface area contributed by atoms with Crippen LogP contribution in [0.2, 0.25) is 9.26 Å². The van der Waals surface area contributed by atoms with Gasteiger partial charge in [0.2, 0.25) is 0 Å². The Morgan fingerprint density at radius 3 is 2.25 bits per heavy atom. The maximum atomic E-state index is 11.0. The molecule has 1 aromatic carbocycles. The van der Waals surface area contributed by atoms with Gasteiger partial charge < -0.3 is 9.97 Å². The molecule has 0 bridgehead atoms. The molecule has 1 aromatic heterocycles. The molecule has 0 unspecified atom stereocenters. The van der Waals surface area contributed by atoms with Crippen molar-refractivity contribution in [3.63, 3.8) is 0 Å². The van der Waals surface area contributed by atoms with Crippen LogP contribution in [-0.2, 0) is 0 Å². The van der Waals surface area contributed by atoms with Crippen molar-refractivity contribution in [2.24, 2.45) is 0 Å². The summed E-state index contributed by atoms with van der Waals surface area (Å²) in [5, 5.41) is 0. The first-order valence-electron chi connectivity index (χ1n) is 5.14. The van der Waals surface area contributed by atoms with E-state index in [4.69, 9.17) is 0 Å². The number of imidazole rings is 1. The number of hydrogen-bond donors (Lipinski definition) is 2. The summed E-state index contributed by atoms with van der Waals surface area (Å²) in [4.78, 5) is 16.4. The van der Waals surface area contributed by atoms with Gasteiger partial charge in [-0.05, 0) is 23.6 Å². The van der Waals surface area contributed by atoms with Gasteiger partial charge in [0.25, 0.3) is 0 Å². The summed E-state index contributed by atoms with van der Waals surface area (Å²) in [6, 6.07) is 5.98. The number of aromatic nitrogens is 2. The van der Waals surface area contributed by atoms with E-state index >= 15 is 0 Å². The van der Waals surface area contributed by atoms with Crippen molar-refractivity contribution in [1.82, 2.24) is 9.97 Å². The normalized spacial score (nSPS) is 10.3. The van der Waals surface area contributed by atoms with Gasteiger partial charge in [-0.15, -0.1) is 0 Å². The van der Waals surface area contributed by atoms with Crippen LogP contribution < -0.4 is 5.69 Å². The van der Waals surface area contributed by atoms with Gasteiger partial charge in [-0.3, -0.25) is 0 Å². The molecule has 3 nitrogen and oxygen atoms in total. The number of aromatic amines is 2. The Labute approximate surface area is 107 Å². The van der Waals surface area contributed by atoms with Crippen LogP contribution in [0.3, 0.4) is 0 Å². The molecule has 2 rings (SSSR count). The molecule has 1 heterocycles. The molecule has 16 heavy (non-hydrogen) atoms. The summed E-state index contributed by atoms with van der Waals surface area (Å²) in [5.74, 6) is 0.489. The summed E-state index contributed by atoms with van der Waals surface area (Å²) in [7, 11) is 0. The van der Waals surface area contributed by atoms with Crippen LogP contribution in [-0.4, -0.2) is 9.97 Å². The van der Waals surface area contributed by atoms with Gasteiger partial charge in [-0.2, -0.15) is 0 Å². The summed E-state index contributed by atoms with van der Waals surface area (Å²) < 4.78 is 4.56. The molecule has 0 spiro atoms. The van der Waals surface area contributed by atoms with Crippen LogP contribution in [0.4, 0.5) is 0 Å². The van der Waals surface area contributed by atoms with Gasteiger partial charge in [-0.25, -0.2) is 4.79 Å². The van der Waals surface area contributed by atoms with E-state index in [0.29, 0.717) is 29.2 Å². The molecule has 89 valence electrons. The number of fused-ring (bicyclic) bond motifs is 1. The van der Waals surface area contributed by atoms with Crippen molar-refractivity contribution in [1.29, 1.82) is 0 Å². The van der Waals surface area contributed by atoms with Crippen LogP contribution in [0.5, 0.6) is 0 Å². The number of benzene rings is 1. The van der Waals surface area contributed by atoms with Gasteiger partial charge in [0, 0.05) is 0 Å². The van der Waals surface area contributed by atoms with Crippen molar-refractivity contribution in [3.8, 4) is 0 Å². The van der Waals surface area contributed by atoms with Crippen molar-refractivity contribution in [2.75, 3.05) is 0 Å². The Hall–Kier alpha value is -0.627. The predicted molar refractivity (Wildman–Crippen MR) is 64.7 cm³/mol. The van der Waals surface area contributed by atoms with E-state index in [1.807, 2.05) is 18.2 Å². The Bertz CT molecular complexity index is 499. The average molecular weight is 416 g/mol. The number of rotatable bonds is 1. The van der Waals surface area contributed by atoms with Crippen LogP contribution in [0.25, 0.3) is 11.0 Å². The summed E-state index contributed by atoms with van der Waals surface area (Å²) in [6.07, 6.45) is 0. The summed E-state index contributed by atoms with van der Waals surface area (Å²) in [6.45, 7) is 4.26. The van der Waals surface area contributed by atoms with E-state index in [9.17, 15) is 4.79 Å². The van der Waals surface area contributed by atoms with E-state index in [-0.39, 0.29) is 5.69 Å². The number of hydrogen-bond acceptors (Lipinski definition) is 1. The van der Waals surface area contributed by atoms with E-state index < -0.39 is 0 Å². The third kappa shape index (κ3) is 3.45. The summed E-state index contributed by atoms with van der Waals surface area (Å²) in [5.41, 5.74) is 2.85. The standard InChI is InChI=1S/C10H12N2O.C2H6At/c1-6(2)7-3-4-8-9(5-7)12-10(13)11-8;1-3-2/h3-6H,1-2H3,(H2,11,12,13);1-2H3. The molecule has 0 fully saturated rings. The minimum absolute atomic E-state index is 0.143. The van der Waals surface area contributed by atoms with Crippen LogP contribution >= 0.6 is 0 Å². The number of nitrogens with one attached hydrogen (secondary N) is 2. The molecular weight excluding hydrogens is 398 g/mol. The first-order valence-corrected chi connectivity index (χ1v) is 11.0. The van der Waals surface area contributed by atoms with Crippen LogP contribution in [0.15, 0.2) is 23.0 Å². The van der Waals surface area contributed by atoms with Crippen LogP contribution in [0.1, 0.15) is 25.3 Å². The average Bonchev–Trinajstić information content (AvgIpc) is 2.57. The molecule has 0 amide bonds. The Morgan fingerprint density at radius 2 is 1.69 bits per heavy atom. The fraction of sp³-hybridized carbons (Fsp3) is 0.417. The molecule has 0 aliphatic carbocycles. The van der Waals surface area contributed by atoms with Gasteiger partial charge in [0.1, 0.15) is 0 Å². The third-order valence-electron chi connectivity index (χ3n) is 2.21. The van der Waals surface area contributed by atoms with Crippen LogP contribution in [0, 0.1) is 23.2 Å². The molecule has 0 saturated heterocycles. The molecule has 0 aliphatic heterocycles. The zero-order chi connectivity index (χ0) is 12.1. The molecule has 1 radical (unpaired) electrons. The Kier molecular flexibility index (Phi) is 5.20. The molecule has 4 heteroatoms. The van der Waals surface area contributed by atoms with Gasteiger partial charge >= 0.3 is 38.2 Å². The van der Waals surface area contributed by atoms with E-state index in [2.05, 4.69) is 33.1 Å². The summed E-state index contributed by atoms with van der Waals surface area (Å²) >= 11 is 0.333. The molecule has 2 aromatic rings. The second kappa shape index (κ2) is 6.19. The van der Waals surface area contributed by atoms with Gasteiger partial charge in [0.05, 0.1) is 11.0 Å². The third-order valence-corrected chi connectivity index (χ3v) is 2.21. The SMILES string of the molecule is CC(C)c1ccc2[nH]c(=O)[nH]c2c1.C[At]C. The number of H-pyrrole nitrogens is 2. The Balaban J connectivity index is 0.000000386. The van der Waals surface area contributed by atoms with Crippen molar-refractivity contribution < 1.29 is 23.2 Å². The minimum atomic E-state index is -0.143. The van der Waals surface area contributed by atoms with E-state index in [0.717, 1.165) is 11.0 Å². The maximum absolute atomic E-state index is 11.0. The molecule has 0 atom stereocenters. The first-order chi connectivity index (χ1) is 7.58. The second-order valence-corrected chi connectivity index (χ2v) is 6.86. The van der Waals surface area contributed by atoms with Crippen molar-refractivity contribution in [3.05, 3.63) is 34.2 Å². The first kappa shape index (κ1) is 13.4. The molecule has 0 aliphatic rings. The van der Waals surface area contributed by atoms with Crippen molar-refractivity contribution in [2.45, 2.75) is 29.0 Å². The fourth-order valence-electron chi connectivity index (χ4n) is 1.41. The fourth-order valence-corrected chi connectivity index (χ4v) is 1.41. The zero-order valence-electron chi connectivity index (χ0n) is 10.1. The molecule has 2 N–H and O–H groups in total. The Morgan fingerprint density at radius 1 is 1.12 bits per heavy atom. The van der Waals surface area contributed by atoms with Crippen molar-refractivity contribution >= 4 is 11.0 Å². The predicted octanol–water partition coefficient (Wildman–Crippen LogP) is 3.15. The second-order valence-electron chi connectivity index (χ2n) is 3.92. The van der Waals surface area contributed by atoms with E-state index in [1.54, 1.807) is 0 Å².